The summed E-state index contributed by atoms with van der Waals surface area (Å²) in [5.41, 5.74) is 3.98. The van der Waals surface area contributed by atoms with Gasteiger partial charge in [-0.25, -0.2) is 4.90 Å². The zero-order valence-corrected chi connectivity index (χ0v) is 19.1. The maximum Gasteiger partial charge on any atom is 0.240 e. The minimum Gasteiger partial charge on any atom is -0.359 e. The van der Waals surface area contributed by atoms with Crippen molar-refractivity contribution in [3.05, 3.63) is 70.9 Å². The molecular formula is C27H28N2O3. The Balaban J connectivity index is 1.68. The number of rotatable bonds is 2. The molecule has 0 aromatic heterocycles. The second kappa shape index (κ2) is 6.89. The lowest BCUT2D eigenvalue weighted by molar-refractivity contribution is -0.135. The van der Waals surface area contributed by atoms with Crippen LogP contribution < -0.4 is 4.90 Å². The highest BCUT2D eigenvalue weighted by Gasteiger charge is 2.65. The molecule has 3 heterocycles. The molecule has 2 aromatic carbocycles. The van der Waals surface area contributed by atoms with Gasteiger partial charge in [-0.15, -0.1) is 0 Å². The zero-order valence-electron chi connectivity index (χ0n) is 19.1. The molecule has 5 rings (SSSR count). The van der Waals surface area contributed by atoms with E-state index < -0.39 is 23.3 Å². The van der Waals surface area contributed by atoms with Gasteiger partial charge >= 0.3 is 0 Å². The summed E-state index contributed by atoms with van der Waals surface area (Å²) in [5, 5.41) is 0. The lowest BCUT2D eigenvalue weighted by Gasteiger charge is -2.37. The minimum atomic E-state index is -0.698. The average Bonchev–Trinajstić information content (AvgIpc) is 3.19. The second-order valence-electron chi connectivity index (χ2n) is 10.3. The van der Waals surface area contributed by atoms with Crippen molar-refractivity contribution in [2.45, 2.75) is 46.7 Å². The molecule has 0 bridgehead atoms. The van der Waals surface area contributed by atoms with E-state index in [9.17, 15) is 14.4 Å². The quantitative estimate of drug-likeness (QED) is 0.664. The minimum absolute atomic E-state index is 0.0116. The predicted molar refractivity (Wildman–Crippen MR) is 124 cm³/mol. The molecule has 0 spiro atoms. The maximum atomic E-state index is 13.8. The Morgan fingerprint density at radius 3 is 2.19 bits per heavy atom. The molecule has 5 nitrogen and oxygen atoms in total. The molecule has 2 aromatic rings. The SMILES string of the molecule is Cc1cc(C)cc(N2C(=O)C3C(C2=O)C2c4ccccc4C=CN2C3C(=O)C(C)(C)C)c1. The Labute approximate surface area is 188 Å². The third-order valence-electron chi connectivity index (χ3n) is 6.93. The number of fused-ring (bicyclic) bond motifs is 5. The summed E-state index contributed by atoms with van der Waals surface area (Å²) in [6.45, 7) is 9.54. The van der Waals surface area contributed by atoms with Gasteiger partial charge in [0.15, 0.2) is 5.78 Å². The summed E-state index contributed by atoms with van der Waals surface area (Å²) in [6.07, 6.45) is 3.88. The predicted octanol–water partition coefficient (Wildman–Crippen LogP) is 4.43. The molecule has 0 radical (unpaired) electrons. The second-order valence-corrected chi connectivity index (χ2v) is 10.3. The molecule has 0 aliphatic carbocycles. The Kier molecular flexibility index (Phi) is 4.45. The number of amides is 2. The van der Waals surface area contributed by atoms with Crippen LogP contribution in [0.15, 0.2) is 48.7 Å². The number of nitrogens with zero attached hydrogens (tertiary/aromatic N) is 2. The molecule has 164 valence electrons. The fourth-order valence-electron chi connectivity index (χ4n) is 5.64. The Morgan fingerprint density at radius 1 is 0.906 bits per heavy atom. The summed E-state index contributed by atoms with van der Waals surface area (Å²) in [6, 6.07) is 12.7. The molecule has 4 atom stereocenters. The fraction of sp³-hybridized carbons (Fsp3) is 0.370. The number of carbonyl (C=O) groups is 3. The molecule has 2 amide bonds. The van der Waals surface area contributed by atoms with E-state index in [-0.39, 0.29) is 23.6 Å². The van der Waals surface area contributed by atoms with Crippen LogP contribution in [0.4, 0.5) is 5.69 Å². The van der Waals surface area contributed by atoms with Crippen LogP contribution in [0.1, 0.15) is 49.1 Å². The van der Waals surface area contributed by atoms with Gasteiger partial charge in [-0.2, -0.15) is 0 Å². The summed E-state index contributed by atoms with van der Waals surface area (Å²) in [4.78, 5) is 44.6. The van der Waals surface area contributed by atoms with E-state index in [1.165, 1.54) is 4.90 Å². The fourth-order valence-corrected chi connectivity index (χ4v) is 5.64. The first-order valence-electron chi connectivity index (χ1n) is 11.1. The number of imide groups is 1. The highest BCUT2D eigenvalue weighted by atomic mass is 16.2. The van der Waals surface area contributed by atoms with Crippen LogP contribution >= 0.6 is 0 Å². The third-order valence-corrected chi connectivity index (χ3v) is 6.93. The van der Waals surface area contributed by atoms with E-state index >= 15 is 0 Å². The highest BCUT2D eigenvalue weighted by molar-refractivity contribution is 6.24. The van der Waals surface area contributed by atoms with Crippen molar-refractivity contribution in [1.29, 1.82) is 0 Å². The lowest BCUT2D eigenvalue weighted by atomic mass is 9.79. The van der Waals surface area contributed by atoms with E-state index in [4.69, 9.17) is 0 Å². The van der Waals surface area contributed by atoms with Gasteiger partial charge in [-0.05, 0) is 54.3 Å². The molecule has 0 N–H and O–H groups in total. The topological polar surface area (TPSA) is 57.7 Å². The van der Waals surface area contributed by atoms with Crippen molar-refractivity contribution in [1.82, 2.24) is 4.90 Å². The maximum absolute atomic E-state index is 13.8. The van der Waals surface area contributed by atoms with Gasteiger partial charge in [0.2, 0.25) is 11.8 Å². The van der Waals surface area contributed by atoms with Gasteiger partial charge in [-0.3, -0.25) is 14.4 Å². The molecule has 2 saturated heterocycles. The first kappa shape index (κ1) is 20.7. The summed E-state index contributed by atoms with van der Waals surface area (Å²) in [7, 11) is 0. The van der Waals surface area contributed by atoms with Crippen LogP contribution in [-0.2, 0) is 14.4 Å². The van der Waals surface area contributed by atoms with Gasteiger partial charge in [0, 0.05) is 11.6 Å². The average molecular weight is 429 g/mol. The number of Topliss-reactive ketones (excluding diaryl/α,β-unsaturated/α-hetero) is 1. The van der Waals surface area contributed by atoms with Crippen molar-refractivity contribution in [2.24, 2.45) is 17.3 Å². The summed E-state index contributed by atoms with van der Waals surface area (Å²) < 4.78 is 0. The molecular weight excluding hydrogens is 400 g/mol. The normalized spacial score (nSPS) is 26.3. The monoisotopic (exact) mass is 428 g/mol. The zero-order chi connectivity index (χ0) is 22.9. The molecule has 32 heavy (non-hydrogen) atoms. The Hall–Kier alpha value is -3.21. The van der Waals surface area contributed by atoms with Crippen LogP contribution in [0.2, 0.25) is 0 Å². The van der Waals surface area contributed by atoms with Crippen LogP contribution in [0.3, 0.4) is 0 Å². The van der Waals surface area contributed by atoms with Gasteiger partial charge in [0.05, 0.1) is 23.6 Å². The summed E-state index contributed by atoms with van der Waals surface area (Å²) >= 11 is 0. The lowest BCUT2D eigenvalue weighted by Crippen LogP contribution is -2.47. The van der Waals surface area contributed by atoms with Crippen LogP contribution in [0, 0.1) is 31.1 Å². The van der Waals surface area contributed by atoms with E-state index in [1.54, 1.807) is 0 Å². The molecule has 3 aliphatic rings. The number of aryl methyl sites for hydroxylation is 2. The highest BCUT2D eigenvalue weighted by Crippen LogP contribution is 2.54. The first-order valence-corrected chi connectivity index (χ1v) is 11.1. The van der Waals surface area contributed by atoms with Crippen molar-refractivity contribution in [3.63, 3.8) is 0 Å². The molecule has 2 fully saturated rings. The molecule has 3 aliphatic heterocycles. The van der Waals surface area contributed by atoms with E-state index in [2.05, 4.69) is 0 Å². The van der Waals surface area contributed by atoms with Crippen molar-refractivity contribution < 1.29 is 14.4 Å². The van der Waals surface area contributed by atoms with Crippen LogP contribution in [0.25, 0.3) is 6.08 Å². The van der Waals surface area contributed by atoms with Gasteiger partial charge in [-0.1, -0.05) is 51.1 Å². The smallest absolute Gasteiger partial charge is 0.240 e. The molecule has 5 heteroatoms. The Morgan fingerprint density at radius 2 is 1.53 bits per heavy atom. The molecule has 4 unspecified atom stereocenters. The van der Waals surface area contributed by atoms with Crippen molar-refractivity contribution >= 4 is 29.4 Å². The van der Waals surface area contributed by atoms with Crippen LogP contribution in [-0.4, -0.2) is 28.5 Å². The largest absolute Gasteiger partial charge is 0.359 e. The number of hydrogen-bond donors (Lipinski definition) is 0. The summed E-state index contributed by atoms with van der Waals surface area (Å²) in [5.74, 6) is -1.79. The van der Waals surface area contributed by atoms with Gasteiger partial charge in [0.1, 0.15) is 6.04 Å². The van der Waals surface area contributed by atoms with E-state index in [0.29, 0.717) is 5.69 Å². The van der Waals surface area contributed by atoms with Gasteiger partial charge < -0.3 is 4.90 Å². The third kappa shape index (κ3) is 2.87. The van der Waals surface area contributed by atoms with E-state index in [0.717, 1.165) is 22.3 Å². The van der Waals surface area contributed by atoms with Crippen molar-refractivity contribution in [2.75, 3.05) is 4.90 Å². The number of ketones is 1. The number of hydrogen-bond acceptors (Lipinski definition) is 4. The Bertz CT molecular complexity index is 1170. The first-order chi connectivity index (χ1) is 15.1. The number of anilines is 1. The number of carbonyl (C=O) groups excluding carboxylic acids is 3. The van der Waals surface area contributed by atoms with E-state index in [1.807, 2.05) is 94.3 Å². The molecule has 0 saturated carbocycles. The standard InChI is InChI=1S/C27H28N2O3/c1-15-12-16(2)14-18(13-15)29-25(31)20-21(26(29)32)23(24(30)27(3,4)5)28-11-10-17-8-6-7-9-19(17)22(20)28/h6-14,20-23H,1-5H3. The van der Waals surface area contributed by atoms with Crippen molar-refractivity contribution in [3.8, 4) is 0 Å². The van der Waals surface area contributed by atoms with Crippen LogP contribution in [0.5, 0.6) is 0 Å². The number of benzene rings is 2. The van der Waals surface area contributed by atoms with Gasteiger partial charge in [0.25, 0.3) is 0 Å².